The lowest BCUT2D eigenvalue weighted by atomic mass is 10.00. The number of methoxy groups -OCH3 is 2. The van der Waals surface area contributed by atoms with Gasteiger partial charge in [0.15, 0.2) is 11.5 Å². The van der Waals surface area contributed by atoms with E-state index in [-0.39, 0.29) is 6.04 Å². The van der Waals surface area contributed by atoms with Gasteiger partial charge in [-0.3, -0.25) is 0 Å². The molecule has 1 atom stereocenters. The molecular formula is C25H25N3O2. The zero-order chi connectivity index (χ0) is 21.1. The van der Waals surface area contributed by atoms with Crippen molar-refractivity contribution in [3.05, 3.63) is 78.1 Å². The molecule has 0 spiro atoms. The minimum Gasteiger partial charge on any atom is -0.493 e. The van der Waals surface area contributed by atoms with Gasteiger partial charge in [-0.2, -0.15) is 0 Å². The number of anilines is 1. The van der Waals surface area contributed by atoms with Crippen LogP contribution in [0.2, 0.25) is 0 Å². The highest BCUT2D eigenvalue weighted by atomic mass is 16.5. The number of fused-ring (bicyclic) bond motifs is 1. The van der Waals surface area contributed by atoms with Gasteiger partial charge in [-0.05, 0) is 42.7 Å². The maximum atomic E-state index is 5.48. The van der Waals surface area contributed by atoms with E-state index < -0.39 is 0 Å². The smallest absolute Gasteiger partial charge is 0.162 e. The van der Waals surface area contributed by atoms with Gasteiger partial charge in [0.05, 0.1) is 19.7 Å². The first-order chi connectivity index (χ1) is 14.6. The Morgan fingerprint density at radius 3 is 2.23 bits per heavy atom. The highest BCUT2D eigenvalue weighted by molar-refractivity contribution is 5.92. The van der Waals surface area contributed by atoms with E-state index in [2.05, 4.69) is 70.7 Å². The minimum absolute atomic E-state index is 0.0549. The molecule has 0 saturated heterocycles. The lowest BCUT2D eigenvalue weighted by Gasteiger charge is -2.18. The second-order valence-corrected chi connectivity index (χ2v) is 7.20. The van der Waals surface area contributed by atoms with Crippen molar-refractivity contribution in [2.75, 3.05) is 19.5 Å². The molecule has 5 heteroatoms. The van der Waals surface area contributed by atoms with E-state index in [9.17, 15) is 0 Å². The highest BCUT2D eigenvalue weighted by Crippen LogP contribution is 2.35. The Bertz CT molecular complexity index is 1180. The maximum Gasteiger partial charge on any atom is 0.162 e. The number of nitrogens with zero attached hydrogens (tertiary/aromatic N) is 2. The molecule has 0 bridgehead atoms. The molecule has 0 saturated carbocycles. The second-order valence-electron chi connectivity index (χ2n) is 7.20. The number of benzene rings is 3. The number of nitrogens with one attached hydrogen (secondary N) is 1. The highest BCUT2D eigenvalue weighted by Gasteiger charge is 2.15. The first-order valence-electron chi connectivity index (χ1n) is 9.91. The van der Waals surface area contributed by atoms with E-state index in [1.807, 2.05) is 25.1 Å². The maximum absolute atomic E-state index is 5.48. The third kappa shape index (κ3) is 3.92. The van der Waals surface area contributed by atoms with Crippen molar-refractivity contribution < 1.29 is 9.47 Å². The van der Waals surface area contributed by atoms with Crippen LogP contribution in [0, 0.1) is 6.92 Å². The summed E-state index contributed by atoms with van der Waals surface area (Å²) >= 11 is 0. The van der Waals surface area contributed by atoms with E-state index in [4.69, 9.17) is 9.47 Å². The zero-order valence-corrected chi connectivity index (χ0v) is 17.6. The number of hydrogen-bond acceptors (Lipinski definition) is 5. The standard InChI is InChI=1S/C25H25N3O2/c1-16(19-11-8-12-20(13-19)18-9-6-5-7-10-18)26-25-21-14-23(29-3)24(30-4)15-22(21)27-17(2)28-25/h5-16H,1-4H3,(H,26,27,28). The first kappa shape index (κ1) is 19.7. The first-order valence-corrected chi connectivity index (χ1v) is 9.91. The summed E-state index contributed by atoms with van der Waals surface area (Å²) in [5.74, 6) is 2.77. The molecule has 0 radical (unpaired) electrons. The van der Waals surface area contributed by atoms with Crippen molar-refractivity contribution in [3.8, 4) is 22.6 Å². The molecule has 4 rings (SSSR count). The van der Waals surface area contributed by atoms with Gasteiger partial charge >= 0.3 is 0 Å². The van der Waals surface area contributed by atoms with Gasteiger partial charge < -0.3 is 14.8 Å². The Hall–Kier alpha value is -3.60. The van der Waals surface area contributed by atoms with E-state index >= 15 is 0 Å². The van der Waals surface area contributed by atoms with E-state index in [1.165, 1.54) is 16.7 Å². The van der Waals surface area contributed by atoms with Crippen LogP contribution in [-0.2, 0) is 0 Å². The number of aryl methyl sites for hydroxylation is 1. The third-order valence-corrected chi connectivity index (χ3v) is 5.16. The fraction of sp³-hybridized carbons (Fsp3) is 0.200. The summed E-state index contributed by atoms with van der Waals surface area (Å²) in [6.45, 7) is 4.02. The molecule has 1 heterocycles. The molecule has 0 aliphatic rings. The normalized spacial score (nSPS) is 11.9. The van der Waals surface area contributed by atoms with E-state index in [0.29, 0.717) is 17.3 Å². The monoisotopic (exact) mass is 399 g/mol. The van der Waals surface area contributed by atoms with Crippen LogP contribution >= 0.6 is 0 Å². The predicted octanol–water partition coefficient (Wildman–Crippen LogP) is 5.80. The lowest BCUT2D eigenvalue weighted by molar-refractivity contribution is 0.356. The van der Waals surface area contributed by atoms with Crippen LogP contribution < -0.4 is 14.8 Å². The van der Waals surface area contributed by atoms with Crippen LogP contribution in [-0.4, -0.2) is 24.2 Å². The average molecular weight is 399 g/mol. The number of hydrogen-bond donors (Lipinski definition) is 1. The topological polar surface area (TPSA) is 56.3 Å². The van der Waals surface area contributed by atoms with Gasteiger partial charge in [0.2, 0.25) is 0 Å². The molecular weight excluding hydrogens is 374 g/mol. The summed E-state index contributed by atoms with van der Waals surface area (Å²) in [6, 6.07) is 22.8. The van der Waals surface area contributed by atoms with Crippen molar-refractivity contribution in [2.24, 2.45) is 0 Å². The van der Waals surface area contributed by atoms with Crippen molar-refractivity contribution in [3.63, 3.8) is 0 Å². The van der Waals surface area contributed by atoms with Crippen LogP contribution in [0.25, 0.3) is 22.0 Å². The van der Waals surface area contributed by atoms with Gasteiger partial charge in [-0.1, -0.05) is 48.5 Å². The lowest BCUT2D eigenvalue weighted by Crippen LogP contribution is -2.10. The Balaban J connectivity index is 1.70. The quantitative estimate of drug-likeness (QED) is 0.444. The average Bonchev–Trinajstić information content (AvgIpc) is 2.78. The van der Waals surface area contributed by atoms with Crippen molar-refractivity contribution >= 4 is 16.7 Å². The Kier molecular flexibility index (Phi) is 5.53. The summed E-state index contributed by atoms with van der Waals surface area (Å²) in [5, 5.41) is 4.45. The summed E-state index contributed by atoms with van der Waals surface area (Å²) in [6.07, 6.45) is 0. The van der Waals surface area contributed by atoms with E-state index in [0.717, 1.165) is 16.7 Å². The fourth-order valence-corrected chi connectivity index (χ4v) is 3.59. The van der Waals surface area contributed by atoms with E-state index in [1.54, 1.807) is 14.2 Å². The number of aromatic nitrogens is 2. The van der Waals surface area contributed by atoms with Gasteiger partial charge in [-0.25, -0.2) is 9.97 Å². The minimum atomic E-state index is 0.0549. The number of rotatable bonds is 6. The van der Waals surface area contributed by atoms with Gasteiger partial charge in [0.1, 0.15) is 11.6 Å². The Morgan fingerprint density at radius 2 is 1.50 bits per heavy atom. The van der Waals surface area contributed by atoms with Crippen LogP contribution in [0.15, 0.2) is 66.7 Å². The molecule has 4 aromatic rings. The summed E-state index contributed by atoms with van der Waals surface area (Å²) in [7, 11) is 3.25. The Labute approximate surface area is 176 Å². The molecule has 1 unspecified atom stereocenters. The van der Waals surface area contributed by atoms with Crippen molar-refractivity contribution in [1.29, 1.82) is 0 Å². The molecule has 1 aromatic heterocycles. The van der Waals surface area contributed by atoms with Crippen molar-refractivity contribution in [2.45, 2.75) is 19.9 Å². The van der Waals surface area contributed by atoms with Crippen LogP contribution in [0.5, 0.6) is 11.5 Å². The predicted molar refractivity (Wildman–Crippen MR) is 121 cm³/mol. The summed E-state index contributed by atoms with van der Waals surface area (Å²) in [4.78, 5) is 9.23. The van der Waals surface area contributed by atoms with Gasteiger partial charge in [-0.15, -0.1) is 0 Å². The van der Waals surface area contributed by atoms with Crippen LogP contribution in [0.3, 0.4) is 0 Å². The molecule has 0 fully saturated rings. The molecule has 0 amide bonds. The molecule has 1 N–H and O–H groups in total. The largest absolute Gasteiger partial charge is 0.493 e. The molecule has 5 nitrogen and oxygen atoms in total. The Morgan fingerprint density at radius 1 is 0.800 bits per heavy atom. The SMILES string of the molecule is COc1cc2nc(C)nc(NC(C)c3cccc(-c4ccccc4)c3)c2cc1OC. The van der Waals surface area contributed by atoms with Crippen LogP contribution in [0.4, 0.5) is 5.82 Å². The molecule has 152 valence electrons. The zero-order valence-electron chi connectivity index (χ0n) is 17.6. The third-order valence-electron chi connectivity index (χ3n) is 5.16. The second kappa shape index (κ2) is 8.41. The van der Waals surface area contributed by atoms with Gasteiger partial charge in [0, 0.05) is 17.5 Å². The molecule has 30 heavy (non-hydrogen) atoms. The number of ether oxygens (including phenoxy) is 2. The molecule has 3 aromatic carbocycles. The molecule has 0 aliphatic heterocycles. The summed E-state index contributed by atoms with van der Waals surface area (Å²) < 4.78 is 10.9. The van der Waals surface area contributed by atoms with Crippen molar-refractivity contribution in [1.82, 2.24) is 9.97 Å². The summed E-state index contributed by atoms with van der Waals surface area (Å²) in [5.41, 5.74) is 4.39. The molecule has 0 aliphatic carbocycles. The fourth-order valence-electron chi connectivity index (χ4n) is 3.59. The van der Waals surface area contributed by atoms with Crippen LogP contribution in [0.1, 0.15) is 24.4 Å². The van der Waals surface area contributed by atoms with Gasteiger partial charge in [0.25, 0.3) is 0 Å².